The number of halogens is 1. The summed E-state index contributed by atoms with van der Waals surface area (Å²) in [4.78, 5) is 2.23. The molecule has 0 aromatic heterocycles. The molecule has 0 aliphatic heterocycles. The van der Waals surface area contributed by atoms with Crippen molar-refractivity contribution in [3.63, 3.8) is 0 Å². The number of nitrogens with zero attached hydrogens (tertiary/aromatic N) is 1. The summed E-state index contributed by atoms with van der Waals surface area (Å²) in [7, 11) is 2.08. The van der Waals surface area contributed by atoms with E-state index in [1.807, 2.05) is 25.1 Å². The molecule has 3 nitrogen and oxygen atoms in total. The van der Waals surface area contributed by atoms with Crippen LogP contribution in [0.2, 0.25) is 5.02 Å². The van der Waals surface area contributed by atoms with Crippen molar-refractivity contribution in [2.75, 3.05) is 26.7 Å². The fraction of sp³-hybridized carbons (Fsp3) is 0.571. The summed E-state index contributed by atoms with van der Waals surface area (Å²) in [6.45, 7) is 6.20. The number of likely N-dealkylation sites (N-methyl/N-ethyl adjacent to an activating group) is 1. The SMILES string of the molecule is CCOC(CN)CN(C)C(C)c1cccc(Cl)c1. The lowest BCUT2D eigenvalue weighted by atomic mass is 10.1. The van der Waals surface area contributed by atoms with E-state index in [0.717, 1.165) is 11.6 Å². The van der Waals surface area contributed by atoms with Crippen molar-refractivity contribution in [2.24, 2.45) is 5.73 Å². The highest BCUT2D eigenvalue weighted by molar-refractivity contribution is 6.30. The topological polar surface area (TPSA) is 38.5 Å². The average molecular weight is 271 g/mol. The van der Waals surface area contributed by atoms with Crippen LogP contribution in [0.3, 0.4) is 0 Å². The number of hydrogen-bond donors (Lipinski definition) is 1. The predicted octanol–water partition coefficient (Wildman–Crippen LogP) is 2.70. The third-order valence-electron chi connectivity index (χ3n) is 3.15. The smallest absolute Gasteiger partial charge is 0.0823 e. The quantitative estimate of drug-likeness (QED) is 0.828. The van der Waals surface area contributed by atoms with Crippen LogP contribution in [0.1, 0.15) is 25.5 Å². The van der Waals surface area contributed by atoms with Gasteiger partial charge in [-0.15, -0.1) is 0 Å². The zero-order valence-corrected chi connectivity index (χ0v) is 12.2. The minimum Gasteiger partial charge on any atom is -0.376 e. The lowest BCUT2D eigenvalue weighted by molar-refractivity contribution is 0.0371. The molecule has 0 saturated carbocycles. The van der Waals surface area contributed by atoms with Gasteiger partial charge in [-0.1, -0.05) is 23.7 Å². The Bertz CT molecular complexity index is 359. The van der Waals surface area contributed by atoms with Crippen LogP contribution in [0, 0.1) is 0 Å². The molecule has 0 heterocycles. The molecule has 2 N–H and O–H groups in total. The van der Waals surface area contributed by atoms with Crippen molar-refractivity contribution in [1.29, 1.82) is 0 Å². The molecular formula is C14H23ClN2O. The van der Waals surface area contributed by atoms with E-state index in [1.165, 1.54) is 5.56 Å². The van der Waals surface area contributed by atoms with E-state index < -0.39 is 0 Å². The summed E-state index contributed by atoms with van der Waals surface area (Å²) < 4.78 is 5.58. The third-order valence-corrected chi connectivity index (χ3v) is 3.38. The first kappa shape index (κ1) is 15.4. The highest BCUT2D eigenvalue weighted by atomic mass is 35.5. The third kappa shape index (κ3) is 4.58. The minimum atomic E-state index is 0.0848. The normalized spacial score (nSPS) is 14.8. The van der Waals surface area contributed by atoms with Gasteiger partial charge in [-0.2, -0.15) is 0 Å². The first-order valence-corrected chi connectivity index (χ1v) is 6.73. The predicted molar refractivity (Wildman–Crippen MR) is 77.0 cm³/mol. The molecule has 0 amide bonds. The lowest BCUT2D eigenvalue weighted by Gasteiger charge is -2.28. The number of rotatable bonds is 7. The molecule has 18 heavy (non-hydrogen) atoms. The monoisotopic (exact) mass is 270 g/mol. The zero-order chi connectivity index (χ0) is 13.5. The van der Waals surface area contributed by atoms with Crippen molar-refractivity contribution >= 4 is 11.6 Å². The van der Waals surface area contributed by atoms with Gasteiger partial charge in [0, 0.05) is 30.8 Å². The summed E-state index contributed by atoms with van der Waals surface area (Å²) in [6, 6.07) is 8.25. The maximum Gasteiger partial charge on any atom is 0.0823 e. The van der Waals surface area contributed by atoms with Gasteiger partial charge in [-0.25, -0.2) is 0 Å². The molecule has 4 heteroatoms. The van der Waals surface area contributed by atoms with Gasteiger partial charge in [-0.3, -0.25) is 4.90 Å². The molecule has 2 atom stereocenters. The Morgan fingerprint density at radius 1 is 1.44 bits per heavy atom. The fourth-order valence-electron chi connectivity index (χ4n) is 1.93. The van der Waals surface area contributed by atoms with E-state index in [9.17, 15) is 0 Å². The molecule has 0 aliphatic rings. The molecule has 1 aromatic rings. The number of ether oxygens (including phenoxy) is 1. The second-order valence-electron chi connectivity index (χ2n) is 4.48. The van der Waals surface area contributed by atoms with Gasteiger partial charge in [0.25, 0.3) is 0 Å². The second kappa shape index (κ2) is 7.74. The van der Waals surface area contributed by atoms with Gasteiger partial charge in [-0.05, 0) is 38.6 Å². The molecular weight excluding hydrogens is 248 g/mol. The first-order chi connectivity index (χ1) is 8.58. The molecule has 0 bridgehead atoms. The fourth-order valence-corrected chi connectivity index (χ4v) is 2.13. The number of benzene rings is 1. The number of hydrogen-bond acceptors (Lipinski definition) is 3. The summed E-state index contributed by atoms with van der Waals surface area (Å²) in [6.07, 6.45) is 0.0848. The highest BCUT2D eigenvalue weighted by Crippen LogP contribution is 2.22. The zero-order valence-electron chi connectivity index (χ0n) is 11.4. The van der Waals surface area contributed by atoms with Crippen LogP contribution < -0.4 is 5.73 Å². The second-order valence-corrected chi connectivity index (χ2v) is 4.92. The highest BCUT2D eigenvalue weighted by Gasteiger charge is 2.16. The minimum absolute atomic E-state index is 0.0848. The Labute approximate surface area is 115 Å². The molecule has 0 aliphatic carbocycles. The van der Waals surface area contributed by atoms with E-state index in [4.69, 9.17) is 22.1 Å². The molecule has 0 radical (unpaired) electrons. The van der Waals surface area contributed by atoms with Crippen molar-refractivity contribution in [2.45, 2.75) is 26.0 Å². The Kier molecular flexibility index (Phi) is 6.65. The van der Waals surface area contributed by atoms with Gasteiger partial charge >= 0.3 is 0 Å². The average Bonchev–Trinajstić information content (AvgIpc) is 2.37. The standard InChI is InChI=1S/C14H23ClN2O/c1-4-18-14(9-16)10-17(3)11(2)12-6-5-7-13(15)8-12/h5-8,11,14H,4,9-10,16H2,1-3H3. The van der Waals surface area contributed by atoms with Gasteiger partial charge in [0.05, 0.1) is 6.10 Å². The van der Waals surface area contributed by atoms with Crippen LogP contribution in [0.15, 0.2) is 24.3 Å². The van der Waals surface area contributed by atoms with E-state index in [2.05, 4.69) is 24.9 Å². The van der Waals surface area contributed by atoms with E-state index >= 15 is 0 Å². The van der Waals surface area contributed by atoms with Gasteiger partial charge in [0.15, 0.2) is 0 Å². The summed E-state index contributed by atoms with van der Waals surface area (Å²) in [5.41, 5.74) is 6.90. The van der Waals surface area contributed by atoms with E-state index in [1.54, 1.807) is 0 Å². The molecule has 1 rings (SSSR count). The summed E-state index contributed by atoms with van der Waals surface area (Å²) >= 11 is 6.01. The molecule has 0 fully saturated rings. The van der Waals surface area contributed by atoms with Crippen LogP contribution in [-0.4, -0.2) is 37.7 Å². The van der Waals surface area contributed by atoms with Crippen molar-refractivity contribution in [3.8, 4) is 0 Å². The molecule has 102 valence electrons. The molecule has 2 unspecified atom stereocenters. The van der Waals surface area contributed by atoms with Gasteiger partial charge in [0.1, 0.15) is 0 Å². The number of nitrogens with two attached hydrogens (primary N) is 1. The lowest BCUT2D eigenvalue weighted by Crippen LogP contribution is -2.37. The van der Waals surface area contributed by atoms with Crippen molar-refractivity contribution < 1.29 is 4.74 Å². The summed E-state index contributed by atoms with van der Waals surface area (Å²) in [5.74, 6) is 0. The van der Waals surface area contributed by atoms with Crippen LogP contribution in [0.5, 0.6) is 0 Å². The molecule has 0 saturated heterocycles. The summed E-state index contributed by atoms with van der Waals surface area (Å²) in [5, 5.41) is 0.771. The Balaban J connectivity index is 2.62. The Hall–Kier alpha value is -0.610. The largest absolute Gasteiger partial charge is 0.376 e. The van der Waals surface area contributed by atoms with Crippen LogP contribution in [-0.2, 0) is 4.74 Å². The van der Waals surface area contributed by atoms with Gasteiger partial charge in [0.2, 0.25) is 0 Å². The van der Waals surface area contributed by atoms with Gasteiger partial charge < -0.3 is 10.5 Å². The van der Waals surface area contributed by atoms with Crippen LogP contribution in [0.4, 0.5) is 0 Å². The van der Waals surface area contributed by atoms with Crippen LogP contribution >= 0.6 is 11.6 Å². The molecule has 1 aromatic carbocycles. The maximum absolute atomic E-state index is 6.01. The Morgan fingerprint density at radius 2 is 2.17 bits per heavy atom. The van der Waals surface area contributed by atoms with Crippen molar-refractivity contribution in [1.82, 2.24) is 4.90 Å². The van der Waals surface area contributed by atoms with E-state index in [-0.39, 0.29) is 6.10 Å². The van der Waals surface area contributed by atoms with Crippen LogP contribution in [0.25, 0.3) is 0 Å². The first-order valence-electron chi connectivity index (χ1n) is 6.35. The van der Waals surface area contributed by atoms with Crippen molar-refractivity contribution in [3.05, 3.63) is 34.9 Å². The maximum atomic E-state index is 6.01. The molecule has 0 spiro atoms. The van der Waals surface area contributed by atoms with E-state index in [0.29, 0.717) is 19.2 Å². The Morgan fingerprint density at radius 3 is 2.72 bits per heavy atom.